The van der Waals surface area contributed by atoms with Crippen molar-refractivity contribution in [3.05, 3.63) is 35.4 Å². The summed E-state index contributed by atoms with van der Waals surface area (Å²) < 4.78 is 0.824. The SMILES string of the molecule is CCCNc1nnc(SC(C)C(=O)c2ccc(CC)cc2)s1. The third-order valence-corrected chi connectivity index (χ3v) is 5.29. The molecule has 0 amide bonds. The molecule has 4 nitrogen and oxygen atoms in total. The number of nitrogens with zero attached hydrogens (tertiary/aromatic N) is 2. The van der Waals surface area contributed by atoms with E-state index in [4.69, 9.17) is 0 Å². The van der Waals surface area contributed by atoms with Crippen LogP contribution in [0.25, 0.3) is 0 Å². The van der Waals surface area contributed by atoms with E-state index < -0.39 is 0 Å². The molecule has 1 atom stereocenters. The average molecular weight is 335 g/mol. The summed E-state index contributed by atoms with van der Waals surface area (Å²) in [7, 11) is 0. The topological polar surface area (TPSA) is 54.9 Å². The molecular weight excluding hydrogens is 314 g/mol. The number of carbonyl (C=O) groups is 1. The van der Waals surface area contributed by atoms with Crippen LogP contribution in [0.4, 0.5) is 5.13 Å². The highest BCUT2D eigenvalue weighted by molar-refractivity contribution is 8.02. The molecule has 0 saturated carbocycles. The first kappa shape index (κ1) is 17.0. The predicted octanol–water partition coefficient (Wildman–Crippen LogP) is 4.29. The Kier molecular flexibility index (Phi) is 6.39. The number of aryl methyl sites for hydroxylation is 1. The van der Waals surface area contributed by atoms with E-state index in [9.17, 15) is 4.79 Å². The summed E-state index contributed by atoms with van der Waals surface area (Å²) >= 11 is 2.96. The third-order valence-electron chi connectivity index (χ3n) is 3.23. The second kappa shape index (κ2) is 8.29. The predicted molar refractivity (Wildman–Crippen MR) is 94.2 cm³/mol. The van der Waals surface area contributed by atoms with Crippen molar-refractivity contribution in [1.82, 2.24) is 10.2 Å². The molecule has 118 valence electrons. The Morgan fingerprint density at radius 2 is 2.00 bits per heavy atom. The molecule has 22 heavy (non-hydrogen) atoms. The van der Waals surface area contributed by atoms with Crippen LogP contribution in [0.5, 0.6) is 0 Å². The highest BCUT2D eigenvalue weighted by Gasteiger charge is 2.18. The molecule has 0 saturated heterocycles. The largest absolute Gasteiger partial charge is 0.360 e. The van der Waals surface area contributed by atoms with Gasteiger partial charge in [-0.05, 0) is 25.3 Å². The minimum Gasteiger partial charge on any atom is -0.360 e. The van der Waals surface area contributed by atoms with Gasteiger partial charge in [0.2, 0.25) is 5.13 Å². The normalized spacial score (nSPS) is 12.1. The van der Waals surface area contributed by atoms with E-state index in [1.165, 1.54) is 28.7 Å². The number of nitrogens with one attached hydrogen (secondary N) is 1. The van der Waals surface area contributed by atoms with E-state index in [1.807, 2.05) is 31.2 Å². The Morgan fingerprint density at radius 1 is 1.27 bits per heavy atom. The van der Waals surface area contributed by atoms with Gasteiger partial charge < -0.3 is 5.32 Å². The van der Waals surface area contributed by atoms with E-state index in [0.29, 0.717) is 0 Å². The minimum absolute atomic E-state index is 0.130. The number of rotatable bonds is 8. The minimum atomic E-state index is -0.167. The molecular formula is C16H21N3OS2. The summed E-state index contributed by atoms with van der Waals surface area (Å²) in [5, 5.41) is 12.1. The second-order valence-electron chi connectivity index (χ2n) is 4.97. The first-order chi connectivity index (χ1) is 10.6. The number of thioether (sulfide) groups is 1. The number of benzene rings is 1. The van der Waals surface area contributed by atoms with Crippen LogP contribution < -0.4 is 5.32 Å². The Morgan fingerprint density at radius 3 is 2.64 bits per heavy atom. The van der Waals surface area contributed by atoms with Crippen molar-refractivity contribution in [2.45, 2.75) is 43.2 Å². The molecule has 0 aliphatic rings. The molecule has 2 rings (SSSR count). The molecule has 1 heterocycles. The van der Waals surface area contributed by atoms with Gasteiger partial charge >= 0.3 is 0 Å². The summed E-state index contributed by atoms with van der Waals surface area (Å²) in [6.45, 7) is 7.02. The lowest BCUT2D eigenvalue weighted by atomic mass is 10.1. The molecule has 1 aromatic heterocycles. The van der Waals surface area contributed by atoms with Gasteiger partial charge in [-0.15, -0.1) is 10.2 Å². The zero-order chi connectivity index (χ0) is 15.9. The number of hydrogen-bond donors (Lipinski definition) is 1. The van der Waals surface area contributed by atoms with Crippen molar-refractivity contribution in [3.63, 3.8) is 0 Å². The van der Waals surface area contributed by atoms with Gasteiger partial charge in [0.05, 0.1) is 5.25 Å². The maximum atomic E-state index is 12.4. The van der Waals surface area contributed by atoms with Gasteiger partial charge in [-0.1, -0.05) is 61.2 Å². The lowest BCUT2D eigenvalue weighted by Gasteiger charge is -2.08. The smallest absolute Gasteiger partial charge is 0.206 e. The fourth-order valence-corrected chi connectivity index (χ4v) is 3.90. The fourth-order valence-electron chi connectivity index (χ4n) is 1.90. The summed E-state index contributed by atoms with van der Waals surface area (Å²) in [5.74, 6) is 0.130. The Bertz CT molecular complexity index is 610. The molecule has 0 fully saturated rings. The maximum Gasteiger partial charge on any atom is 0.206 e. The first-order valence-corrected chi connectivity index (χ1v) is 9.20. The third kappa shape index (κ3) is 4.55. The zero-order valence-corrected chi connectivity index (χ0v) is 14.8. The highest BCUT2D eigenvalue weighted by atomic mass is 32.2. The van der Waals surface area contributed by atoms with Gasteiger partial charge in [-0.25, -0.2) is 0 Å². The van der Waals surface area contributed by atoms with Gasteiger partial charge in [-0.2, -0.15) is 0 Å². The summed E-state index contributed by atoms with van der Waals surface area (Å²) in [6, 6.07) is 7.85. The van der Waals surface area contributed by atoms with Crippen molar-refractivity contribution >= 4 is 34.0 Å². The molecule has 0 aliphatic carbocycles. The molecule has 1 unspecified atom stereocenters. The molecule has 0 spiro atoms. The zero-order valence-electron chi connectivity index (χ0n) is 13.1. The van der Waals surface area contributed by atoms with Crippen LogP contribution in [-0.4, -0.2) is 27.8 Å². The van der Waals surface area contributed by atoms with Gasteiger partial charge in [0, 0.05) is 12.1 Å². The number of ketones is 1. The number of aromatic nitrogens is 2. The number of hydrogen-bond acceptors (Lipinski definition) is 6. The van der Waals surface area contributed by atoms with Crippen LogP contribution in [0.1, 0.15) is 43.1 Å². The highest BCUT2D eigenvalue weighted by Crippen LogP contribution is 2.30. The van der Waals surface area contributed by atoms with Crippen LogP contribution >= 0.6 is 23.1 Å². The number of Topliss-reactive ketones (excluding diaryl/α,β-unsaturated/α-hetero) is 1. The molecule has 1 aromatic carbocycles. The van der Waals surface area contributed by atoms with Crippen LogP contribution in [0.15, 0.2) is 28.6 Å². The van der Waals surface area contributed by atoms with Gasteiger partial charge in [0.25, 0.3) is 0 Å². The second-order valence-corrected chi connectivity index (χ2v) is 7.54. The van der Waals surface area contributed by atoms with Crippen molar-refractivity contribution in [2.24, 2.45) is 0 Å². The quantitative estimate of drug-likeness (QED) is 0.576. The Hall–Kier alpha value is -1.40. The van der Waals surface area contributed by atoms with Crippen LogP contribution in [-0.2, 0) is 6.42 Å². The molecule has 0 radical (unpaired) electrons. The monoisotopic (exact) mass is 335 g/mol. The summed E-state index contributed by atoms with van der Waals surface area (Å²) in [5.41, 5.74) is 2.00. The van der Waals surface area contributed by atoms with Crippen LogP contribution in [0.2, 0.25) is 0 Å². The standard InChI is InChI=1S/C16H21N3OS2/c1-4-10-17-15-18-19-16(22-15)21-11(3)14(20)13-8-6-12(5-2)7-9-13/h6-9,11H,4-5,10H2,1-3H3,(H,17,18). The lowest BCUT2D eigenvalue weighted by Crippen LogP contribution is -2.13. The Labute approximate surface area is 139 Å². The molecule has 2 aromatic rings. The average Bonchev–Trinajstić information content (AvgIpc) is 2.99. The van der Waals surface area contributed by atoms with E-state index in [1.54, 1.807) is 0 Å². The van der Waals surface area contributed by atoms with Gasteiger partial charge in [0.15, 0.2) is 10.1 Å². The van der Waals surface area contributed by atoms with Crippen LogP contribution in [0, 0.1) is 0 Å². The van der Waals surface area contributed by atoms with Gasteiger partial charge in [0.1, 0.15) is 0 Å². The number of anilines is 1. The fraction of sp³-hybridized carbons (Fsp3) is 0.438. The van der Waals surface area contributed by atoms with Crippen molar-refractivity contribution < 1.29 is 4.79 Å². The van der Waals surface area contributed by atoms with Crippen molar-refractivity contribution in [1.29, 1.82) is 0 Å². The molecule has 0 bridgehead atoms. The summed E-state index contributed by atoms with van der Waals surface area (Å²) in [4.78, 5) is 12.4. The summed E-state index contributed by atoms with van der Waals surface area (Å²) in [6.07, 6.45) is 2.03. The Balaban J connectivity index is 1.96. The van der Waals surface area contributed by atoms with E-state index in [2.05, 4.69) is 29.4 Å². The number of carbonyl (C=O) groups excluding carboxylic acids is 1. The van der Waals surface area contributed by atoms with E-state index in [-0.39, 0.29) is 11.0 Å². The van der Waals surface area contributed by atoms with Gasteiger partial charge in [-0.3, -0.25) is 4.79 Å². The molecule has 6 heteroatoms. The lowest BCUT2D eigenvalue weighted by molar-refractivity contribution is 0.0994. The van der Waals surface area contributed by atoms with Crippen molar-refractivity contribution in [2.75, 3.05) is 11.9 Å². The molecule has 0 aliphatic heterocycles. The first-order valence-electron chi connectivity index (χ1n) is 7.51. The van der Waals surface area contributed by atoms with Crippen molar-refractivity contribution in [3.8, 4) is 0 Å². The van der Waals surface area contributed by atoms with E-state index >= 15 is 0 Å². The van der Waals surface area contributed by atoms with Crippen LogP contribution in [0.3, 0.4) is 0 Å². The van der Waals surface area contributed by atoms with E-state index in [0.717, 1.165) is 34.4 Å². The molecule has 1 N–H and O–H groups in total. The maximum absolute atomic E-state index is 12.4.